The number of hydrogen-bond acceptors (Lipinski definition) is 3. The van der Waals surface area contributed by atoms with Gasteiger partial charge >= 0.3 is 0 Å². The van der Waals surface area contributed by atoms with Crippen molar-refractivity contribution in [3.63, 3.8) is 0 Å². The molecule has 2 aromatic carbocycles. The molecule has 0 aliphatic heterocycles. The third kappa shape index (κ3) is 4.03. The van der Waals surface area contributed by atoms with Crippen LogP contribution in [0.5, 0.6) is 5.75 Å². The fourth-order valence-electron chi connectivity index (χ4n) is 1.72. The highest BCUT2D eigenvalue weighted by Crippen LogP contribution is 2.19. The van der Waals surface area contributed by atoms with E-state index in [0.29, 0.717) is 5.56 Å². The lowest BCUT2D eigenvalue weighted by atomic mass is 10.2. The first-order valence-electron chi connectivity index (χ1n) is 6.42. The van der Waals surface area contributed by atoms with Crippen molar-refractivity contribution in [1.29, 1.82) is 5.26 Å². The molecule has 0 bridgehead atoms. The Labute approximate surface area is 125 Å². The molecule has 0 radical (unpaired) electrons. The van der Waals surface area contributed by atoms with Crippen LogP contribution in [0.3, 0.4) is 0 Å². The van der Waals surface area contributed by atoms with Crippen molar-refractivity contribution in [3.05, 3.63) is 65.2 Å². The molecule has 22 heavy (non-hydrogen) atoms. The summed E-state index contributed by atoms with van der Waals surface area (Å²) in [5.74, 6) is -1.60. The number of halogens is 2. The summed E-state index contributed by atoms with van der Waals surface area (Å²) in [6.07, 6.45) is 0. The monoisotopic (exact) mass is 302 g/mol. The zero-order valence-corrected chi connectivity index (χ0v) is 11.5. The van der Waals surface area contributed by atoms with Crippen molar-refractivity contribution in [2.24, 2.45) is 0 Å². The van der Waals surface area contributed by atoms with Gasteiger partial charge in [-0.3, -0.25) is 4.79 Å². The van der Waals surface area contributed by atoms with Gasteiger partial charge in [0.15, 0.2) is 11.6 Å². The van der Waals surface area contributed by atoms with Gasteiger partial charge in [0.05, 0.1) is 6.07 Å². The summed E-state index contributed by atoms with van der Waals surface area (Å²) in [6, 6.07) is 11.2. The van der Waals surface area contributed by atoms with Crippen molar-refractivity contribution in [2.45, 2.75) is 6.61 Å². The largest absolute Gasteiger partial charge is 0.486 e. The molecule has 6 heteroatoms. The van der Waals surface area contributed by atoms with Gasteiger partial charge < -0.3 is 10.1 Å². The maximum atomic E-state index is 13.9. The molecule has 0 fully saturated rings. The van der Waals surface area contributed by atoms with Crippen LogP contribution < -0.4 is 10.1 Å². The first-order valence-corrected chi connectivity index (χ1v) is 6.42. The van der Waals surface area contributed by atoms with Gasteiger partial charge in [-0.2, -0.15) is 5.26 Å². The van der Waals surface area contributed by atoms with E-state index >= 15 is 0 Å². The molecular formula is C16H12F2N2O2. The quantitative estimate of drug-likeness (QED) is 0.864. The van der Waals surface area contributed by atoms with Gasteiger partial charge in [0.1, 0.15) is 19.0 Å². The molecule has 1 N–H and O–H groups in total. The summed E-state index contributed by atoms with van der Waals surface area (Å²) < 4.78 is 31.9. The zero-order valence-electron chi connectivity index (χ0n) is 11.5. The average Bonchev–Trinajstić information content (AvgIpc) is 2.53. The van der Waals surface area contributed by atoms with Crippen LogP contribution in [0.25, 0.3) is 0 Å². The van der Waals surface area contributed by atoms with E-state index in [-0.39, 0.29) is 30.3 Å². The molecule has 0 spiro atoms. The summed E-state index contributed by atoms with van der Waals surface area (Å²) >= 11 is 0. The maximum absolute atomic E-state index is 13.9. The predicted octanol–water partition coefficient (Wildman–Crippen LogP) is 2.80. The highest BCUT2D eigenvalue weighted by molar-refractivity contribution is 5.94. The summed E-state index contributed by atoms with van der Waals surface area (Å²) in [5.41, 5.74) is 0.790. The first kappa shape index (κ1) is 15.4. The second-order valence-electron chi connectivity index (χ2n) is 4.40. The molecule has 2 rings (SSSR count). The van der Waals surface area contributed by atoms with E-state index in [1.165, 1.54) is 36.4 Å². The second-order valence-corrected chi connectivity index (χ2v) is 4.40. The van der Waals surface area contributed by atoms with Crippen molar-refractivity contribution in [2.75, 3.05) is 6.54 Å². The Balaban J connectivity index is 2.02. The predicted molar refractivity (Wildman–Crippen MR) is 75.1 cm³/mol. The molecule has 0 aromatic heterocycles. The number of amides is 1. The van der Waals surface area contributed by atoms with Crippen molar-refractivity contribution >= 4 is 5.91 Å². The first-order chi connectivity index (χ1) is 10.6. The Morgan fingerprint density at radius 2 is 1.91 bits per heavy atom. The van der Waals surface area contributed by atoms with Crippen LogP contribution in [-0.2, 0) is 6.61 Å². The van der Waals surface area contributed by atoms with Gasteiger partial charge in [0.2, 0.25) is 0 Å². The van der Waals surface area contributed by atoms with Crippen LogP contribution in [0.1, 0.15) is 15.9 Å². The van der Waals surface area contributed by atoms with Gasteiger partial charge in [-0.15, -0.1) is 0 Å². The van der Waals surface area contributed by atoms with E-state index in [1.807, 2.05) is 0 Å². The standard InChI is InChI=1S/C16H12F2N2O2/c17-13-4-1-11(2-5-13)10-22-15-6-3-12(9-14(15)18)16(21)20-8-7-19/h1-6,9H,8,10H2,(H,20,21). The minimum atomic E-state index is -0.688. The molecule has 0 aliphatic carbocycles. The van der Waals surface area contributed by atoms with Crippen molar-refractivity contribution < 1.29 is 18.3 Å². The fraction of sp³-hybridized carbons (Fsp3) is 0.125. The van der Waals surface area contributed by atoms with Gasteiger partial charge in [0, 0.05) is 5.56 Å². The van der Waals surface area contributed by atoms with Crippen LogP contribution in [0, 0.1) is 23.0 Å². The fourth-order valence-corrected chi connectivity index (χ4v) is 1.72. The molecule has 0 saturated heterocycles. The number of hydrogen-bond donors (Lipinski definition) is 1. The molecular weight excluding hydrogens is 290 g/mol. The molecule has 0 heterocycles. The number of rotatable bonds is 5. The van der Waals surface area contributed by atoms with E-state index in [1.54, 1.807) is 6.07 Å². The highest BCUT2D eigenvalue weighted by atomic mass is 19.1. The second kappa shape index (κ2) is 7.18. The maximum Gasteiger partial charge on any atom is 0.252 e. The van der Waals surface area contributed by atoms with Gasteiger partial charge in [-0.25, -0.2) is 8.78 Å². The smallest absolute Gasteiger partial charge is 0.252 e. The minimum Gasteiger partial charge on any atom is -0.486 e. The third-order valence-electron chi connectivity index (χ3n) is 2.83. The van der Waals surface area contributed by atoms with E-state index in [0.717, 1.165) is 6.07 Å². The van der Waals surface area contributed by atoms with E-state index in [2.05, 4.69) is 5.32 Å². The van der Waals surface area contributed by atoms with E-state index in [4.69, 9.17) is 10.00 Å². The SMILES string of the molecule is N#CCNC(=O)c1ccc(OCc2ccc(F)cc2)c(F)c1. The third-order valence-corrected chi connectivity index (χ3v) is 2.83. The Morgan fingerprint density at radius 3 is 2.55 bits per heavy atom. The number of ether oxygens (including phenoxy) is 1. The van der Waals surface area contributed by atoms with Crippen molar-refractivity contribution in [1.82, 2.24) is 5.32 Å². The number of nitrogens with one attached hydrogen (secondary N) is 1. The van der Waals surface area contributed by atoms with E-state index in [9.17, 15) is 13.6 Å². The average molecular weight is 302 g/mol. The molecule has 0 unspecified atom stereocenters. The van der Waals surface area contributed by atoms with Crippen LogP contribution in [0.4, 0.5) is 8.78 Å². The highest BCUT2D eigenvalue weighted by Gasteiger charge is 2.10. The number of benzene rings is 2. The van der Waals surface area contributed by atoms with Gasteiger partial charge in [-0.05, 0) is 35.9 Å². The lowest BCUT2D eigenvalue weighted by Crippen LogP contribution is -2.23. The lowest BCUT2D eigenvalue weighted by molar-refractivity contribution is 0.0958. The van der Waals surface area contributed by atoms with Crippen LogP contribution in [0.2, 0.25) is 0 Å². The molecule has 4 nitrogen and oxygen atoms in total. The van der Waals surface area contributed by atoms with Gasteiger partial charge in [-0.1, -0.05) is 12.1 Å². The number of carbonyl (C=O) groups is 1. The van der Waals surface area contributed by atoms with Gasteiger partial charge in [0.25, 0.3) is 5.91 Å². The Morgan fingerprint density at radius 1 is 1.18 bits per heavy atom. The number of nitriles is 1. The molecule has 0 saturated carbocycles. The molecule has 0 aliphatic rings. The summed E-state index contributed by atoms with van der Waals surface area (Å²) in [7, 11) is 0. The topological polar surface area (TPSA) is 62.1 Å². The lowest BCUT2D eigenvalue weighted by Gasteiger charge is -2.09. The molecule has 2 aromatic rings. The molecule has 1 amide bonds. The Bertz CT molecular complexity index is 709. The van der Waals surface area contributed by atoms with Crippen molar-refractivity contribution in [3.8, 4) is 11.8 Å². The minimum absolute atomic E-state index is 0.0128. The number of carbonyl (C=O) groups excluding carboxylic acids is 1. The van der Waals surface area contributed by atoms with Crippen LogP contribution in [0.15, 0.2) is 42.5 Å². The molecule has 112 valence electrons. The number of nitrogens with zero attached hydrogens (tertiary/aromatic N) is 1. The molecule has 0 atom stereocenters. The summed E-state index contributed by atoms with van der Waals surface area (Å²) in [5, 5.41) is 10.7. The van der Waals surface area contributed by atoms with E-state index < -0.39 is 11.7 Å². The normalized spacial score (nSPS) is 9.86. The zero-order chi connectivity index (χ0) is 15.9. The Hall–Kier alpha value is -2.94. The summed E-state index contributed by atoms with van der Waals surface area (Å²) in [4.78, 5) is 11.6. The Kier molecular flexibility index (Phi) is 5.04. The van der Waals surface area contributed by atoms with Crippen LogP contribution in [-0.4, -0.2) is 12.5 Å². The summed E-state index contributed by atoms with van der Waals surface area (Å²) in [6.45, 7) is -0.0690. The van der Waals surface area contributed by atoms with Crippen LogP contribution >= 0.6 is 0 Å².